The van der Waals surface area contributed by atoms with Gasteiger partial charge in [-0.3, -0.25) is 4.79 Å². The van der Waals surface area contributed by atoms with E-state index < -0.39 is 5.82 Å². The van der Waals surface area contributed by atoms with Crippen LogP contribution in [0.3, 0.4) is 0 Å². The number of aryl methyl sites for hydroxylation is 1. The van der Waals surface area contributed by atoms with Gasteiger partial charge in [-0.15, -0.1) is 0 Å². The van der Waals surface area contributed by atoms with Gasteiger partial charge in [0.2, 0.25) is 5.95 Å². The van der Waals surface area contributed by atoms with E-state index in [0.29, 0.717) is 11.3 Å². The lowest BCUT2D eigenvalue weighted by Gasteiger charge is -2.16. The normalized spacial score (nSPS) is 10.8. The number of halogens is 2. The summed E-state index contributed by atoms with van der Waals surface area (Å²) < 4.78 is 13.2. The Hall–Kier alpha value is -2.99. The number of para-hydroxylation sites is 1. The van der Waals surface area contributed by atoms with E-state index in [2.05, 4.69) is 34.4 Å². The first-order chi connectivity index (χ1) is 13.3. The SMILES string of the molecule is Cc1cccc(C(C)C)c1NC(=O)c1cnc(Nc2ccc(F)c(Cl)c2)nc1. The van der Waals surface area contributed by atoms with Crippen molar-refractivity contribution < 1.29 is 9.18 Å². The maximum atomic E-state index is 13.2. The molecule has 3 aromatic rings. The Balaban J connectivity index is 1.75. The molecule has 0 aliphatic rings. The molecule has 3 rings (SSSR count). The molecule has 0 aliphatic heterocycles. The van der Waals surface area contributed by atoms with Crippen LogP contribution < -0.4 is 10.6 Å². The Morgan fingerprint density at radius 2 is 1.86 bits per heavy atom. The number of rotatable bonds is 5. The van der Waals surface area contributed by atoms with Crippen molar-refractivity contribution in [3.63, 3.8) is 0 Å². The predicted molar refractivity (Wildman–Crippen MR) is 110 cm³/mol. The van der Waals surface area contributed by atoms with Crippen LogP contribution in [0.25, 0.3) is 0 Å². The Kier molecular flexibility index (Phi) is 5.90. The molecule has 0 saturated carbocycles. The van der Waals surface area contributed by atoms with Crippen molar-refractivity contribution in [1.82, 2.24) is 9.97 Å². The minimum absolute atomic E-state index is 0.000172. The number of nitrogens with zero attached hydrogens (tertiary/aromatic N) is 2. The van der Waals surface area contributed by atoms with Gasteiger partial charge in [-0.1, -0.05) is 43.6 Å². The van der Waals surface area contributed by atoms with Crippen LogP contribution in [0, 0.1) is 12.7 Å². The summed E-state index contributed by atoms with van der Waals surface area (Å²) in [7, 11) is 0. The van der Waals surface area contributed by atoms with Crippen LogP contribution in [-0.2, 0) is 0 Å². The van der Waals surface area contributed by atoms with Gasteiger partial charge in [0.1, 0.15) is 5.82 Å². The number of hydrogen-bond donors (Lipinski definition) is 2. The van der Waals surface area contributed by atoms with Gasteiger partial charge in [0.05, 0.1) is 10.6 Å². The fourth-order valence-electron chi connectivity index (χ4n) is 2.74. The van der Waals surface area contributed by atoms with E-state index in [0.717, 1.165) is 16.8 Å². The first kappa shape index (κ1) is 19.8. The van der Waals surface area contributed by atoms with Crippen molar-refractivity contribution in [3.8, 4) is 0 Å². The molecule has 0 unspecified atom stereocenters. The molecule has 28 heavy (non-hydrogen) atoms. The van der Waals surface area contributed by atoms with Gasteiger partial charge < -0.3 is 10.6 Å². The number of nitrogens with one attached hydrogen (secondary N) is 2. The van der Waals surface area contributed by atoms with Crippen LogP contribution in [-0.4, -0.2) is 15.9 Å². The van der Waals surface area contributed by atoms with Gasteiger partial charge in [0.15, 0.2) is 0 Å². The molecule has 5 nitrogen and oxygen atoms in total. The van der Waals surface area contributed by atoms with Crippen LogP contribution in [0.15, 0.2) is 48.8 Å². The van der Waals surface area contributed by atoms with Crippen molar-refractivity contribution in [1.29, 1.82) is 0 Å². The third-order valence-electron chi connectivity index (χ3n) is 4.26. The standard InChI is InChI=1S/C21H20ClFN4O/c1-12(2)16-6-4-5-13(3)19(16)27-20(28)14-10-24-21(25-11-14)26-15-7-8-18(23)17(22)9-15/h4-12H,1-3H3,(H,27,28)(H,24,25,26). The van der Waals surface area contributed by atoms with E-state index in [1.165, 1.54) is 30.6 Å². The highest BCUT2D eigenvalue weighted by Crippen LogP contribution is 2.28. The molecule has 2 aromatic carbocycles. The lowest BCUT2D eigenvalue weighted by Crippen LogP contribution is -2.15. The average molecular weight is 399 g/mol. The summed E-state index contributed by atoms with van der Waals surface area (Å²) >= 11 is 5.76. The highest BCUT2D eigenvalue weighted by atomic mass is 35.5. The zero-order chi connectivity index (χ0) is 20.3. The van der Waals surface area contributed by atoms with Gasteiger partial charge in [-0.05, 0) is 42.2 Å². The molecule has 0 aliphatic carbocycles. The van der Waals surface area contributed by atoms with E-state index >= 15 is 0 Å². The summed E-state index contributed by atoms with van der Waals surface area (Å²) in [4.78, 5) is 20.9. The molecular formula is C21H20ClFN4O. The smallest absolute Gasteiger partial charge is 0.258 e. The largest absolute Gasteiger partial charge is 0.324 e. The second-order valence-corrected chi connectivity index (χ2v) is 7.10. The topological polar surface area (TPSA) is 66.9 Å². The highest BCUT2D eigenvalue weighted by Gasteiger charge is 2.14. The fraction of sp³-hybridized carbons (Fsp3) is 0.190. The van der Waals surface area contributed by atoms with E-state index in [9.17, 15) is 9.18 Å². The minimum Gasteiger partial charge on any atom is -0.324 e. The van der Waals surface area contributed by atoms with E-state index in [1.807, 2.05) is 25.1 Å². The highest BCUT2D eigenvalue weighted by molar-refractivity contribution is 6.31. The summed E-state index contributed by atoms with van der Waals surface area (Å²) in [5, 5.41) is 5.88. The second-order valence-electron chi connectivity index (χ2n) is 6.70. The zero-order valence-corrected chi connectivity index (χ0v) is 16.5. The molecule has 0 spiro atoms. The monoisotopic (exact) mass is 398 g/mol. The third-order valence-corrected chi connectivity index (χ3v) is 4.54. The summed E-state index contributed by atoms with van der Waals surface area (Å²) in [6.45, 7) is 6.12. The molecule has 0 radical (unpaired) electrons. The molecule has 1 heterocycles. The van der Waals surface area contributed by atoms with Crippen molar-refractivity contribution in [2.75, 3.05) is 10.6 Å². The Morgan fingerprint density at radius 1 is 1.14 bits per heavy atom. The number of amides is 1. The van der Waals surface area contributed by atoms with Crippen molar-refractivity contribution >= 4 is 34.8 Å². The average Bonchev–Trinajstić information content (AvgIpc) is 2.66. The molecule has 2 N–H and O–H groups in total. The fourth-order valence-corrected chi connectivity index (χ4v) is 2.92. The lowest BCUT2D eigenvalue weighted by molar-refractivity contribution is 0.102. The summed E-state index contributed by atoms with van der Waals surface area (Å²) in [5.74, 6) is -0.233. The Bertz CT molecular complexity index is 1010. The zero-order valence-electron chi connectivity index (χ0n) is 15.8. The molecule has 1 amide bonds. The maximum absolute atomic E-state index is 13.2. The third kappa shape index (κ3) is 4.46. The van der Waals surface area contributed by atoms with Gasteiger partial charge in [0.25, 0.3) is 5.91 Å². The molecule has 0 atom stereocenters. The van der Waals surface area contributed by atoms with Crippen molar-refractivity contribution in [2.45, 2.75) is 26.7 Å². The van der Waals surface area contributed by atoms with Crippen LogP contribution >= 0.6 is 11.6 Å². The quantitative estimate of drug-likeness (QED) is 0.578. The molecule has 0 fully saturated rings. The van der Waals surface area contributed by atoms with Crippen LogP contribution in [0.1, 0.15) is 41.3 Å². The second kappa shape index (κ2) is 8.35. The number of benzene rings is 2. The summed E-state index contributed by atoms with van der Waals surface area (Å²) in [6, 6.07) is 10.2. The van der Waals surface area contributed by atoms with Gasteiger partial charge in [-0.2, -0.15) is 0 Å². The number of aromatic nitrogens is 2. The number of carbonyl (C=O) groups excluding carboxylic acids is 1. The van der Waals surface area contributed by atoms with Gasteiger partial charge in [0, 0.05) is 23.8 Å². The van der Waals surface area contributed by atoms with Gasteiger partial charge >= 0.3 is 0 Å². The van der Waals surface area contributed by atoms with Crippen molar-refractivity contribution in [3.05, 3.63) is 76.3 Å². The van der Waals surface area contributed by atoms with Crippen LogP contribution in [0.4, 0.5) is 21.7 Å². The molecule has 0 bridgehead atoms. The van der Waals surface area contributed by atoms with Gasteiger partial charge in [-0.25, -0.2) is 14.4 Å². The molecule has 7 heteroatoms. The Morgan fingerprint density at radius 3 is 2.50 bits per heavy atom. The molecule has 1 aromatic heterocycles. The van der Waals surface area contributed by atoms with Crippen LogP contribution in [0.5, 0.6) is 0 Å². The first-order valence-corrected chi connectivity index (χ1v) is 9.18. The number of anilines is 3. The van der Waals surface area contributed by atoms with Crippen LogP contribution in [0.2, 0.25) is 5.02 Å². The maximum Gasteiger partial charge on any atom is 0.258 e. The number of hydrogen-bond acceptors (Lipinski definition) is 4. The van der Waals surface area contributed by atoms with E-state index in [1.54, 1.807) is 0 Å². The molecular weight excluding hydrogens is 379 g/mol. The molecule has 0 saturated heterocycles. The number of carbonyl (C=O) groups is 1. The minimum atomic E-state index is -0.503. The lowest BCUT2D eigenvalue weighted by atomic mass is 9.98. The molecule has 144 valence electrons. The van der Waals surface area contributed by atoms with Crippen molar-refractivity contribution in [2.24, 2.45) is 0 Å². The van der Waals surface area contributed by atoms with E-state index in [-0.39, 0.29) is 22.8 Å². The first-order valence-electron chi connectivity index (χ1n) is 8.80. The summed E-state index contributed by atoms with van der Waals surface area (Å²) in [6.07, 6.45) is 2.87. The Labute approximate surface area is 168 Å². The summed E-state index contributed by atoms with van der Waals surface area (Å²) in [5.41, 5.74) is 3.75. The predicted octanol–water partition coefficient (Wildman–Crippen LogP) is 5.70. The van der Waals surface area contributed by atoms with E-state index in [4.69, 9.17) is 11.6 Å².